The van der Waals surface area contributed by atoms with Crippen LogP contribution in [-0.2, 0) is 11.2 Å². The molecule has 1 amide bonds. The fraction of sp³-hybridized carbons (Fsp3) is 0.200. The van der Waals surface area contributed by atoms with Crippen LogP contribution in [0, 0.1) is 0 Å². The number of hydrogen-bond acceptors (Lipinski definition) is 4. The van der Waals surface area contributed by atoms with Crippen molar-refractivity contribution < 1.29 is 14.7 Å². The summed E-state index contributed by atoms with van der Waals surface area (Å²) in [7, 11) is 0. The Morgan fingerprint density at radius 2 is 2.24 bits per heavy atom. The number of carbonyl (C=O) groups is 2. The summed E-state index contributed by atoms with van der Waals surface area (Å²) < 4.78 is 0. The second-order valence-corrected chi connectivity index (χ2v) is 6.17. The molecule has 6 heteroatoms. The molecule has 0 fully saturated rings. The van der Waals surface area contributed by atoms with Crippen molar-refractivity contribution in [3.63, 3.8) is 0 Å². The number of carbonyl (C=O) groups excluding carboxylic acids is 1. The lowest BCUT2D eigenvalue weighted by Gasteiger charge is -2.41. The first-order valence-corrected chi connectivity index (χ1v) is 7.54. The zero-order valence-electron chi connectivity index (χ0n) is 11.0. The van der Waals surface area contributed by atoms with Crippen LogP contribution in [0.1, 0.15) is 26.8 Å². The Balaban J connectivity index is 1.86. The minimum atomic E-state index is -0.959. The molecule has 3 heterocycles. The third-order valence-corrected chi connectivity index (χ3v) is 5.02. The third kappa shape index (κ3) is 1.76. The molecule has 0 radical (unpaired) electrons. The number of carboxylic acids is 1. The molecular formula is C15H12N2O3S. The topological polar surface area (TPSA) is 69.6 Å². The summed E-state index contributed by atoms with van der Waals surface area (Å²) in [6.45, 7) is 0.724. The van der Waals surface area contributed by atoms with Crippen LogP contribution in [0.2, 0.25) is 0 Å². The first-order valence-electron chi connectivity index (χ1n) is 6.66. The molecule has 2 aliphatic rings. The maximum atomic E-state index is 12.4. The Morgan fingerprint density at radius 1 is 1.38 bits per heavy atom. The molecule has 106 valence electrons. The highest BCUT2D eigenvalue weighted by atomic mass is 32.1. The first kappa shape index (κ1) is 12.4. The molecule has 1 aromatic heterocycles. The van der Waals surface area contributed by atoms with Gasteiger partial charge in [-0.3, -0.25) is 4.79 Å². The van der Waals surface area contributed by atoms with Crippen molar-refractivity contribution >= 4 is 34.6 Å². The lowest BCUT2D eigenvalue weighted by Crippen LogP contribution is -2.45. The van der Waals surface area contributed by atoms with Gasteiger partial charge in [-0.05, 0) is 41.6 Å². The van der Waals surface area contributed by atoms with Crippen molar-refractivity contribution in [1.82, 2.24) is 0 Å². The van der Waals surface area contributed by atoms with E-state index < -0.39 is 5.97 Å². The van der Waals surface area contributed by atoms with Crippen LogP contribution in [0.15, 0.2) is 29.6 Å². The molecule has 2 aromatic rings. The molecule has 0 saturated carbocycles. The number of carboxylic acid groups (broad SMARTS) is 1. The number of anilines is 2. The van der Waals surface area contributed by atoms with Gasteiger partial charge in [-0.25, -0.2) is 4.79 Å². The molecule has 2 N–H and O–H groups in total. The number of thiophene rings is 1. The summed E-state index contributed by atoms with van der Waals surface area (Å²) in [5, 5.41) is 14.0. The number of rotatable bonds is 1. The van der Waals surface area contributed by atoms with Crippen LogP contribution in [0.5, 0.6) is 0 Å². The maximum Gasteiger partial charge on any atom is 0.335 e. The molecule has 0 bridgehead atoms. The summed E-state index contributed by atoms with van der Waals surface area (Å²) in [6.07, 6.45) is 0.882. The van der Waals surface area contributed by atoms with E-state index in [-0.39, 0.29) is 17.5 Å². The predicted molar refractivity (Wildman–Crippen MR) is 80.1 cm³/mol. The maximum absolute atomic E-state index is 12.4. The average Bonchev–Trinajstić information content (AvgIpc) is 2.94. The van der Waals surface area contributed by atoms with Crippen molar-refractivity contribution in [2.75, 3.05) is 16.8 Å². The van der Waals surface area contributed by atoms with Gasteiger partial charge >= 0.3 is 5.97 Å². The quantitative estimate of drug-likeness (QED) is 0.849. The Morgan fingerprint density at radius 3 is 3.05 bits per heavy atom. The van der Waals surface area contributed by atoms with Gasteiger partial charge in [0.2, 0.25) is 0 Å². The van der Waals surface area contributed by atoms with E-state index in [1.54, 1.807) is 23.5 Å². The monoisotopic (exact) mass is 300 g/mol. The average molecular weight is 300 g/mol. The van der Waals surface area contributed by atoms with Crippen molar-refractivity contribution in [3.05, 3.63) is 45.6 Å². The van der Waals surface area contributed by atoms with Crippen LogP contribution in [0.4, 0.5) is 11.4 Å². The zero-order valence-corrected chi connectivity index (χ0v) is 11.8. The van der Waals surface area contributed by atoms with Gasteiger partial charge < -0.3 is 15.3 Å². The van der Waals surface area contributed by atoms with Gasteiger partial charge in [-0.15, -0.1) is 11.3 Å². The number of fused-ring (bicyclic) bond motifs is 5. The Hall–Kier alpha value is -2.34. The van der Waals surface area contributed by atoms with Gasteiger partial charge in [0, 0.05) is 11.4 Å². The summed E-state index contributed by atoms with van der Waals surface area (Å²) >= 11 is 1.67. The van der Waals surface area contributed by atoms with Crippen LogP contribution in [0.25, 0.3) is 0 Å². The van der Waals surface area contributed by atoms with E-state index in [0.29, 0.717) is 5.69 Å². The van der Waals surface area contributed by atoms with Crippen molar-refractivity contribution in [2.45, 2.75) is 12.5 Å². The highest BCUT2D eigenvalue weighted by molar-refractivity contribution is 7.10. The van der Waals surface area contributed by atoms with Gasteiger partial charge in [0.1, 0.15) is 6.04 Å². The van der Waals surface area contributed by atoms with Gasteiger partial charge in [-0.1, -0.05) is 0 Å². The molecule has 1 atom stereocenters. The Labute approximate surface area is 124 Å². The minimum absolute atomic E-state index is 0.0510. The molecule has 5 nitrogen and oxygen atoms in total. The van der Waals surface area contributed by atoms with Crippen LogP contribution in [-0.4, -0.2) is 23.5 Å². The first-order chi connectivity index (χ1) is 10.1. The van der Waals surface area contributed by atoms with E-state index in [9.17, 15) is 9.59 Å². The number of amides is 1. The lowest BCUT2D eigenvalue weighted by atomic mass is 9.95. The van der Waals surface area contributed by atoms with Gasteiger partial charge in [0.25, 0.3) is 5.91 Å². The number of nitrogens with one attached hydrogen (secondary N) is 1. The van der Waals surface area contributed by atoms with Crippen molar-refractivity contribution in [2.24, 2.45) is 0 Å². The third-order valence-electron chi connectivity index (χ3n) is 4.03. The number of aromatic carboxylic acids is 1. The fourth-order valence-electron chi connectivity index (χ4n) is 3.07. The van der Waals surface area contributed by atoms with Crippen LogP contribution < -0.4 is 10.2 Å². The number of hydrogen-bond donors (Lipinski definition) is 2. The minimum Gasteiger partial charge on any atom is -0.478 e. The Bertz CT molecular complexity index is 768. The molecular weight excluding hydrogens is 288 g/mol. The smallest absolute Gasteiger partial charge is 0.335 e. The standard InChI is InChI=1S/C15H12N2O3S/c18-14-13-9-4-6-21-12(9)3-5-17(13)11-7-8(15(19)20)1-2-10(11)16-14/h1-2,4,6-7,13H,3,5H2,(H,16,18)(H,19,20). The largest absolute Gasteiger partial charge is 0.478 e. The van der Waals surface area contributed by atoms with Crippen molar-refractivity contribution in [3.8, 4) is 0 Å². The fourth-order valence-corrected chi connectivity index (χ4v) is 3.97. The molecule has 0 spiro atoms. The SMILES string of the molecule is O=C(O)c1ccc2c(c1)N1CCc3sccc3C1C(=O)N2. The molecule has 1 aromatic carbocycles. The van der Waals surface area contributed by atoms with E-state index in [1.165, 1.54) is 10.9 Å². The van der Waals surface area contributed by atoms with Gasteiger partial charge in [-0.2, -0.15) is 0 Å². The van der Waals surface area contributed by atoms with Crippen LogP contribution in [0.3, 0.4) is 0 Å². The second kappa shape index (κ2) is 4.33. The van der Waals surface area contributed by atoms with E-state index in [0.717, 1.165) is 24.2 Å². The predicted octanol–water partition coefficient (Wildman–Crippen LogP) is 2.50. The zero-order chi connectivity index (χ0) is 14.6. The summed E-state index contributed by atoms with van der Waals surface area (Å²) in [5.74, 6) is -1.01. The molecule has 4 rings (SSSR count). The second-order valence-electron chi connectivity index (χ2n) is 5.17. The normalized spacial score (nSPS) is 19.3. The molecule has 0 aliphatic carbocycles. The summed E-state index contributed by atoms with van der Waals surface area (Å²) in [5.41, 5.74) is 2.74. The Kier molecular flexibility index (Phi) is 2.56. The van der Waals surface area contributed by atoms with E-state index in [1.807, 2.05) is 16.3 Å². The van der Waals surface area contributed by atoms with Gasteiger partial charge in [0.15, 0.2) is 0 Å². The number of nitrogens with zero attached hydrogens (tertiary/aromatic N) is 1. The lowest BCUT2D eigenvalue weighted by molar-refractivity contribution is -0.117. The molecule has 21 heavy (non-hydrogen) atoms. The van der Waals surface area contributed by atoms with E-state index in [4.69, 9.17) is 5.11 Å². The molecule has 0 saturated heterocycles. The number of benzene rings is 1. The van der Waals surface area contributed by atoms with E-state index in [2.05, 4.69) is 5.32 Å². The highest BCUT2D eigenvalue weighted by Gasteiger charge is 2.38. The van der Waals surface area contributed by atoms with Crippen molar-refractivity contribution in [1.29, 1.82) is 0 Å². The van der Waals surface area contributed by atoms with Crippen LogP contribution >= 0.6 is 11.3 Å². The highest BCUT2D eigenvalue weighted by Crippen LogP contribution is 2.43. The van der Waals surface area contributed by atoms with Gasteiger partial charge in [0.05, 0.1) is 16.9 Å². The summed E-state index contributed by atoms with van der Waals surface area (Å²) in [4.78, 5) is 26.8. The van der Waals surface area contributed by atoms with E-state index >= 15 is 0 Å². The summed E-state index contributed by atoms with van der Waals surface area (Å²) in [6, 6.07) is 6.46. The molecule has 1 unspecified atom stereocenters. The molecule has 2 aliphatic heterocycles.